The van der Waals surface area contributed by atoms with E-state index in [1.54, 1.807) is 29.3 Å². The molecule has 1 aliphatic rings. The van der Waals surface area contributed by atoms with E-state index in [9.17, 15) is 4.79 Å². The van der Waals surface area contributed by atoms with Crippen molar-refractivity contribution in [2.45, 2.75) is 51.7 Å². The van der Waals surface area contributed by atoms with Crippen LogP contribution in [0, 0.1) is 6.92 Å². The Bertz CT molecular complexity index is 1320. The van der Waals surface area contributed by atoms with Gasteiger partial charge in [0, 0.05) is 24.0 Å². The van der Waals surface area contributed by atoms with Gasteiger partial charge in [0.05, 0.1) is 18.8 Å². The topological polar surface area (TPSA) is 56.2 Å². The molecule has 0 spiro atoms. The molecule has 0 unspecified atom stereocenters. The van der Waals surface area contributed by atoms with E-state index in [4.69, 9.17) is 4.74 Å². The van der Waals surface area contributed by atoms with E-state index < -0.39 is 0 Å². The molecule has 5 nitrogen and oxygen atoms in total. The van der Waals surface area contributed by atoms with Crippen LogP contribution >= 0.6 is 11.3 Å². The molecule has 2 heterocycles. The zero-order chi connectivity index (χ0) is 22.8. The molecule has 1 N–H and O–H groups in total. The predicted octanol–water partition coefficient (Wildman–Crippen LogP) is 4.66. The Hall–Kier alpha value is -2.96. The number of hydrogen-bond acceptors (Lipinski definition) is 5. The molecule has 2 aromatic heterocycles. The molecule has 0 radical (unpaired) electrons. The van der Waals surface area contributed by atoms with Crippen LogP contribution in [0.1, 0.15) is 33.6 Å². The first kappa shape index (κ1) is 21.9. The molecule has 0 aliphatic heterocycles. The van der Waals surface area contributed by atoms with Gasteiger partial charge in [-0.25, -0.2) is 4.98 Å². The second-order valence-electron chi connectivity index (χ2n) is 8.83. The molecule has 0 bridgehead atoms. The van der Waals surface area contributed by atoms with Crippen molar-refractivity contribution in [1.29, 1.82) is 0 Å². The minimum Gasteiger partial charge on any atom is -0.497 e. The van der Waals surface area contributed by atoms with Gasteiger partial charge in [-0.3, -0.25) is 9.36 Å². The van der Waals surface area contributed by atoms with Gasteiger partial charge in [-0.1, -0.05) is 42.0 Å². The monoisotopic (exact) mass is 459 g/mol. The predicted molar refractivity (Wildman–Crippen MR) is 134 cm³/mol. The van der Waals surface area contributed by atoms with E-state index in [2.05, 4.69) is 47.6 Å². The highest BCUT2D eigenvalue weighted by molar-refractivity contribution is 7.18. The van der Waals surface area contributed by atoms with Crippen LogP contribution in [0.2, 0.25) is 0 Å². The minimum absolute atomic E-state index is 0.0893. The van der Waals surface area contributed by atoms with E-state index in [0.29, 0.717) is 12.6 Å². The average molecular weight is 460 g/mol. The fourth-order valence-corrected chi connectivity index (χ4v) is 5.84. The normalized spacial score (nSPS) is 15.5. The zero-order valence-corrected chi connectivity index (χ0v) is 20.0. The summed E-state index contributed by atoms with van der Waals surface area (Å²) in [5, 5.41) is 4.54. The van der Waals surface area contributed by atoms with Crippen molar-refractivity contribution in [3.8, 4) is 5.75 Å². The van der Waals surface area contributed by atoms with Crippen LogP contribution in [-0.4, -0.2) is 22.7 Å². The third kappa shape index (κ3) is 4.72. The lowest BCUT2D eigenvalue weighted by molar-refractivity contribution is 0.414. The molecule has 0 fully saturated rings. The van der Waals surface area contributed by atoms with Crippen LogP contribution in [-0.2, 0) is 32.4 Å². The Kier molecular flexibility index (Phi) is 6.29. The standard InChI is InChI=1S/C27H29N3O2S/c1-18-6-8-20(9-7-18)16-28-21-10-11-23-24(15-21)33-26-25(23)27(31)30(17-29-26)13-12-19-4-3-5-22(14-19)32-2/h3-9,14,17,21,28H,10-13,15-16H2,1-2H3/t21-/m0/s1. The summed E-state index contributed by atoms with van der Waals surface area (Å²) in [6.45, 7) is 3.60. The quantitative estimate of drug-likeness (QED) is 0.437. The summed E-state index contributed by atoms with van der Waals surface area (Å²) in [7, 11) is 1.67. The van der Waals surface area contributed by atoms with Crippen molar-refractivity contribution in [3.63, 3.8) is 0 Å². The van der Waals surface area contributed by atoms with E-state index in [1.165, 1.54) is 21.6 Å². The fraction of sp³-hybridized carbons (Fsp3) is 0.333. The molecule has 0 saturated heterocycles. The van der Waals surface area contributed by atoms with Gasteiger partial charge in [-0.15, -0.1) is 11.3 Å². The number of hydrogen-bond donors (Lipinski definition) is 1. The Labute approximate surface area is 198 Å². The molecular weight excluding hydrogens is 430 g/mol. The second-order valence-corrected chi connectivity index (χ2v) is 9.92. The molecule has 0 amide bonds. The van der Waals surface area contributed by atoms with Crippen LogP contribution in [0.25, 0.3) is 10.2 Å². The van der Waals surface area contributed by atoms with Crippen LogP contribution < -0.4 is 15.6 Å². The number of thiophene rings is 1. The molecule has 1 atom stereocenters. The fourth-order valence-electron chi connectivity index (χ4n) is 4.58. The average Bonchev–Trinajstić information content (AvgIpc) is 3.22. The molecule has 5 rings (SSSR count). The Balaban J connectivity index is 1.30. The van der Waals surface area contributed by atoms with Crippen molar-refractivity contribution >= 4 is 21.6 Å². The molecule has 0 saturated carbocycles. The second kappa shape index (κ2) is 9.49. The molecule has 2 aromatic carbocycles. The first-order valence-electron chi connectivity index (χ1n) is 11.5. The van der Waals surface area contributed by atoms with Crippen LogP contribution in [0.5, 0.6) is 5.75 Å². The molecule has 1 aliphatic carbocycles. The van der Waals surface area contributed by atoms with Crippen molar-refractivity contribution in [2.75, 3.05) is 7.11 Å². The van der Waals surface area contributed by atoms with Crippen molar-refractivity contribution in [2.24, 2.45) is 0 Å². The SMILES string of the molecule is COc1cccc(CCn2cnc3sc4c(c3c2=O)CC[C@H](NCc2ccc(C)cc2)C4)c1. The summed E-state index contributed by atoms with van der Waals surface area (Å²) in [6.07, 6.45) is 5.41. The van der Waals surface area contributed by atoms with E-state index in [0.717, 1.165) is 53.8 Å². The number of aromatic nitrogens is 2. The highest BCUT2D eigenvalue weighted by Gasteiger charge is 2.25. The summed E-state index contributed by atoms with van der Waals surface area (Å²) in [5.41, 5.74) is 5.05. The molecule has 33 heavy (non-hydrogen) atoms. The number of ether oxygens (including phenoxy) is 1. The smallest absolute Gasteiger partial charge is 0.262 e. The summed E-state index contributed by atoms with van der Waals surface area (Å²) >= 11 is 1.69. The lowest BCUT2D eigenvalue weighted by Gasteiger charge is -2.23. The van der Waals surface area contributed by atoms with Gasteiger partial charge in [0.25, 0.3) is 5.56 Å². The van der Waals surface area contributed by atoms with Gasteiger partial charge in [0.1, 0.15) is 10.6 Å². The van der Waals surface area contributed by atoms with Crippen molar-refractivity contribution in [1.82, 2.24) is 14.9 Å². The Morgan fingerprint density at radius 1 is 1.18 bits per heavy atom. The van der Waals surface area contributed by atoms with Crippen LogP contribution in [0.4, 0.5) is 0 Å². The van der Waals surface area contributed by atoms with Gasteiger partial charge >= 0.3 is 0 Å². The van der Waals surface area contributed by atoms with Crippen LogP contribution in [0.15, 0.2) is 59.7 Å². The Morgan fingerprint density at radius 3 is 2.85 bits per heavy atom. The van der Waals surface area contributed by atoms with E-state index in [-0.39, 0.29) is 5.56 Å². The van der Waals surface area contributed by atoms with Gasteiger partial charge in [0.15, 0.2) is 0 Å². The maximum atomic E-state index is 13.3. The number of rotatable bonds is 7. The molecule has 6 heteroatoms. The van der Waals surface area contributed by atoms with Crippen molar-refractivity contribution < 1.29 is 4.74 Å². The van der Waals surface area contributed by atoms with E-state index in [1.807, 2.05) is 18.2 Å². The highest BCUT2D eigenvalue weighted by Crippen LogP contribution is 2.33. The van der Waals surface area contributed by atoms with Gasteiger partial charge in [-0.2, -0.15) is 0 Å². The summed E-state index contributed by atoms with van der Waals surface area (Å²) in [4.78, 5) is 20.2. The van der Waals surface area contributed by atoms with Crippen LogP contribution in [0.3, 0.4) is 0 Å². The Morgan fingerprint density at radius 2 is 2.03 bits per heavy atom. The number of nitrogens with one attached hydrogen (secondary N) is 1. The lowest BCUT2D eigenvalue weighted by Crippen LogP contribution is -2.33. The summed E-state index contributed by atoms with van der Waals surface area (Å²) in [5.74, 6) is 0.839. The van der Waals surface area contributed by atoms with Gasteiger partial charge in [0.2, 0.25) is 0 Å². The maximum absolute atomic E-state index is 13.3. The third-order valence-corrected chi connectivity index (χ3v) is 7.69. The maximum Gasteiger partial charge on any atom is 0.262 e. The van der Waals surface area contributed by atoms with E-state index >= 15 is 0 Å². The molecule has 170 valence electrons. The van der Waals surface area contributed by atoms with Gasteiger partial charge in [-0.05, 0) is 61.4 Å². The molecular formula is C27H29N3O2S. The van der Waals surface area contributed by atoms with Crippen molar-refractivity contribution in [3.05, 3.63) is 92.3 Å². The third-order valence-electron chi connectivity index (χ3n) is 6.53. The largest absolute Gasteiger partial charge is 0.497 e. The van der Waals surface area contributed by atoms with Gasteiger partial charge < -0.3 is 10.1 Å². The first-order valence-corrected chi connectivity index (χ1v) is 12.3. The minimum atomic E-state index is 0.0893. The lowest BCUT2D eigenvalue weighted by atomic mass is 9.93. The number of methoxy groups -OCH3 is 1. The first-order chi connectivity index (χ1) is 16.1. The number of nitrogens with zero attached hydrogens (tertiary/aromatic N) is 2. The summed E-state index contributed by atoms with van der Waals surface area (Å²) < 4.78 is 7.07. The number of aryl methyl sites for hydroxylation is 4. The zero-order valence-electron chi connectivity index (χ0n) is 19.1. The number of fused-ring (bicyclic) bond motifs is 3. The highest BCUT2D eigenvalue weighted by atomic mass is 32.1. The molecule has 4 aromatic rings. The number of benzene rings is 2. The summed E-state index contributed by atoms with van der Waals surface area (Å²) in [6, 6.07) is 17.1.